The Kier molecular flexibility index (Phi) is 5.58. The van der Waals surface area contributed by atoms with Crippen LogP contribution in [-0.4, -0.2) is 42.3 Å². The topological polar surface area (TPSA) is 59.4 Å². The third kappa shape index (κ3) is 3.87. The Labute approximate surface area is 164 Å². The number of nitrogens with zero attached hydrogens (tertiary/aromatic N) is 3. The summed E-state index contributed by atoms with van der Waals surface area (Å²) in [6, 6.07) is 13.6. The van der Waals surface area contributed by atoms with Gasteiger partial charge in [0.25, 0.3) is 5.56 Å². The smallest absolute Gasteiger partial charge is 0.265 e. The molecule has 4 rings (SSSR count). The minimum atomic E-state index is -0.0694. The fourth-order valence-electron chi connectivity index (χ4n) is 3.46. The molecule has 0 spiro atoms. The van der Waals surface area contributed by atoms with Gasteiger partial charge in [0.1, 0.15) is 12.1 Å². The largest absolute Gasteiger partial charge is 0.494 e. The molecular weight excluding hydrogens is 352 g/mol. The van der Waals surface area contributed by atoms with Crippen molar-refractivity contribution in [2.24, 2.45) is 0 Å². The second kappa shape index (κ2) is 8.44. The molecule has 1 aliphatic rings. The highest BCUT2D eigenvalue weighted by Crippen LogP contribution is 2.20. The first kappa shape index (κ1) is 18.5. The number of fused-ring (bicyclic) bond motifs is 1. The second-order valence-corrected chi connectivity index (χ2v) is 7.05. The van der Waals surface area contributed by atoms with E-state index >= 15 is 0 Å². The minimum Gasteiger partial charge on any atom is -0.494 e. The summed E-state index contributed by atoms with van der Waals surface area (Å²) in [5.41, 5.74) is 2.59. The van der Waals surface area contributed by atoms with Crippen molar-refractivity contribution in [1.82, 2.24) is 14.9 Å². The Morgan fingerprint density at radius 2 is 1.82 bits per heavy atom. The molecule has 2 aromatic carbocycles. The number of anilines is 1. The molecule has 6 heteroatoms. The van der Waals surface area contributed by atoms with Crippen molar-refractivity contribution in [2.45, 2.75) is 19.8 Å². The second-order valence-electron chi connectivity index (χ2n) is 7.05. The number of ether oxygens (including phenoxy) is 1. The van der Waals surface area contributed by atoms with Crippen molar-refractivity contribution in [3.8, 4) is 11.4 Å². The van der Waals surface area contributed by atoms with Crippen molar-refractivity contribution in [3.63, 3.8) is 0 Å². The molecule has 0 aliphatic carbocycles. The zero-order valence-corrected chi connectivity index (χ0v) is 16.2. The summed E-state index contributed by atoms with van der Waals surface area (Å²) >= 11 is 0. The lowest BCUT2D eigenvalue weighted by molar-refractivity contribution is 0.310. The predicted octanol–water partition coefficient (Wildman–Crippen LogP) is 2.97. The molecule has 3 aromatic rings. The van der Waals surface area contributed by atoms with Crippen LogP contribution in [0.3, 0.4) is 0 Å². The molecule has 0 atom stereocenters. The lowest BCUT2D eigenvalue weighted by atomic mass is 10.2. The van der Waals surface area contributed by atoms with E-state index in [-0.39, 0.29) is 5.56 Å². The van der Waals surface area contributed by atoms with Crippen LogP contribution in [0.4, 0.5) is 5.69 Å². The van der Waals surface area contributed by atoms with Crippen molar-refractivity contribution in [2.75, 3.05) is 37.7 Å². The van der Waals surface area contributed by atoms with Gasteiger partial charge in [-0.1, -0.05) is 13.3 Å². The Morgan fingerprint density at radius 1 is 1.07 bits per heavy atom. The van der Waals surface area contributed by atoms with Crippen LogP contribution in [0, 0.1) is 0 Å². The number of piperazine rings is 1. The summed E-state index contributed by atoms with van der Waals surface area (Å²) in [6.45, 7) is 6.81. The maximum atomic E-state index is 13.0. The Hall–Kier alpha value is -2.86. The number of hydrogen-bond donors (Lipinski definition) is 1. The number of benzene rings is 2. The van der Waals surface area contributed by atoms with Gasteiger partial charge in [-0.15, -0.1) is 0 Å². The van der Waals surface area contributed by atoms with Gasteiger partial charge < -0.3 is 15.0 Å². The number of unbranched alkanes of at least 4 members (excludes halogenated alkanes) is 1. The van der Waals surface area contributed by atoms with E-state index in [2.05, 4.69) is 34.3 Å². The van der Waals surface area contributed by atoms with Gasteiger partial charge in [-0.05, 0) is 42.8 Å². The molecule has 2 heterocycles. The monoisotopic (exact) mass is 378 g/mol. The van der Waals surface area contributed by atoms with Crippen LogP contribution in [-0.2, 0) is 0 Å². The molecule has 28 heavy (non-hydrogen) atoms. The summed E-state index contributed by atoms with van der Waals surface area (Å²) in [6.07, 6.45) is 3.70. The van der Waals surface area contributed by atoms with Crippen molar-refractivity contribution < 1.29 is 4.74 Å². The van der Waals surface area contributed by atoms with Gasteiger partial charge in [-0.3, -0.25) is 9.36 Å². The van der Waals surface area contributed by atoms with Gasteiger partial charge in [-0.25, -0.2) is 4.98 Å². The van der Waals surface area contributed by atoms with Crippen LogP contribution < -0.4 is 20.5 Å². The van der Waals surface area contributed by atoms with Crippen LogP contribution >= 0.6 is 0 Å². The molecule has 1 aromatic heterocycles. The highest BCUT2D eigenvalue weighted by atomic mass is 16.5. The fraction of sp³-hybridized carbons (Fsp3) is 0.364. The first-order valence-electron chi connectivity index (χ1n) is 9.96. The summed E-state index contributed by atoms with van der Waals surface area (Å²) < 4.78 is 7.32. The summed E-state index contributed by atoms with van der Waals surface area (Å²) in [5.74, 6) is 0.756. The first-order valence-corrected chi connectivity index (χ1v) is 9.96. The van der Waals surface area contributed by atoms with Gasteiger partial charge in [0.2, 0.25) is 0 Å². The Bertz CT molecular complexity index is 992. The number of rotatable bonds is 6. The van der Waals surface area contributed by atoms with Crippen LogP contribution in [0.25, 0.3) is 16.6 Å². The standard InChI is InChI=1S/C22H26N4O2/c1-2-3-14-28-19-8-9-20-21(15-19)24-16-26(22(20)27)18-6-4-17(5-7-18)25-12-10-23-11-13-25/h4-9,15-16,23H,2-3,10-14H2,1H3. The molecule has 1 fully saturated rings. The van der Waals surface area contributed by atoms with Gasteiger partial charge in [0.05, 0.1) is 23.2 Å². The Morgan fingerprint density at radius 3 is 2.57 bits per heavy atom. The quantitative estimate of drug-likeness (QED) is 0.668. The summed E-state index contributed by atoms with van der Waals surface area (Å²) in [5, 5.41) is 3.95. The van der Waals surface area contributed by atoms with E-state index in [1.54, 1.807) is 17.0 Å². The molecule has 1 N–H and O–H groups in total. The molecule has 0 radical (unpaired) electrons. The average molecular weight is 378 g/mol. The molecule has 0 amide bonds. The van der Waals surface area contributed by atoms with E-state index < -0.39 is 0 Å². The highest BCUT2D eigenvalue weighted by molar-refractivity contribution is 5.79. The average Bonchev–Trinajstić information content (AvgIpc) is 2.75. The molecule has 146 valence electrons. The maximum Gasteiger partial charge on any atom is 0.265 e. The van der Waals surface area contributed by atoms with Crippen LogP contribution in [0.1, 0.15) is 19.8 Å². The number of nitrogens with one attached hydrogen (secondary N) is 1. The maximum absolute atomic E-state index is 13.0. The third-order valence-corrected chi connectivity index (χ3v) is 5.11. The number of hydrogen-bond acceptors (Lipinski definition) is 5. The van der Waals surface area contributed by atoms with Gasteiger partial charge in [0, 0.05) is 37.9 Å². The van der Waals surface area contributed by atoms with Crippen LogP contribution in [0.5, 0.6) is 5.75 Å². The van der Waals surface area contributed by atoms with Gasteiger partial charge in [-0.2, -0.15) is 0 Å². The van der Waals surface area contributed by atoms with Gasteiger partial charge >= 0.3 is 0 Å². The van der Waals surface area contributed by atoms with E-state index in [0.29, 0.717) is 17.5 Å². The molecule has 0 bridgehead atoms. The van der Waals surface area contributed by atoms with Crippen LogP contribution in [0.2, 0.25) is 0 Å². The van der Waals surface area contributed by atoms with E-state index in [4.69, 9.17) is 4.74 Å². The van der Waals surface area contributed by atoms with Gasteiger partial charge in [0.15, 0.2) is 0 Å². The molecular formula is C22H26N4O2. The van der Waals surface area contributed by atoms with Crippen molar-refractivity contribution >= 4 is 16.6 Å². The molecule has 1 aliphatic heterocycles. The fourth-order valence-corrected chi connectivity index (χ4v) is 3.46. The summed E-state index contributed by atoms with van der Waals surface area (Å²) in [7, 11) is 0. The lowest BCUT2D eigenvalue weighted by Crippen LogP contribution is -2.43. The Balaban J connectivity index is 1.59. The third-order valence-electron chi connectivity index (χ3n) is 5.11. The zero-order chi connectivity index (χ0) is 19.3. The SMILES string of the molecule is CCCCOc1ccc2c(=O)n(-c3ccc(N4CCNCC4)cc3)cnc2c1. The van der Waals surface area contributed by atoms with Crippen molar-refractivity contribution in [1.29, 1.82) is 0 Å². The van der Waals surface area contributed by atoms with Crippen LogP contribution in [0.15, 0.2) is 53.6 Å². The molecule has 0 saturated carbocycles. The minimum absolute atomic E-state index is 0.0694. The van der Waals surface area contributed by atoms with Crippen molar-refractivity contribution in [3.05, 3.63) is 59.1 Å². The van der Waals surface area contributed by atoms with E-state index in [0.717, 1.165) is 50.5 Å². The number of aromatic nitrogens is 2. The first-order chi connectivity index (χ1) is 13.8. The van der Waals surface area contributed by atoms with E-state index in [1.165, 1.54) is 5.69 Å². The molecule has 0 unspecified atom stereocenters. The normalized spacial score (nSPS) is 14.4. The molecule has 1 saturated heterocycles. The van der Waals surface area contributed by atoms with E-state index in [1.807, 2.05) is 24.3 Å². The zero-order valence-electron chi connectivity index (χ0n) is 16.2. The van der Waals surface area contributed by atoms with E-state index in [9.17, 15) is 4.79 Å². The summed E-state index contributed by atoms with van der Waals surface area (Å²) in [4.78, 5) is 19.8. The highest BCUT2D eigenvalue weighted by Gasteiger charge is 2.11. The molecule has 6 nitrogen and oxygen atoms in total. The lowest BCUT2D eigenvalue weighted by Gasteiger charge is -2.29. The predicted molar refractivity (Wildman–Crippen MR) is 113 cm³/mol.